The number of benzene rings is 8. The van der Waals surface area contributed by atoms with Gasteiger partial charge in [-0.2, -0.15) is 0 Å². The van der Waals surface area contributed by atoms with Crippen LogP contribution in [0.5, 0.6) is 0 Å². The van der Waals surface area contributed by atoms with Crippen LogP contribution >= 0.6 is 0 Å². The second-order valence-electron chi connectivity index (χ2n) is 12.3. The number of nitrogens with zero attached hydrogens (tertiary/aromatic N) is 1. The number of aromatic nitrogens is 1. The van der Waals surface area contributed by atoms with E-state index in [4.69, 9.17) is 9.40 Å². The van der Waals surface area contributed by atoms with E-state index in [0.717, 1.165) is 33.2 Å². The van der Waals surface area contributed by atoms with E-state index in [0.29, 0.717) is 0 Å². The predicted molar refractivity (Wildman–Crippen MR) is 198 cm³/mol. The van der Waals surface area contributed by atoms with Gasteiger partial charge in [0.05, 0.1) is 0 Å². The van der Waals surface area contributed by atoms with Crippen LogP contribution in [0.1, 0.15) is 0 Å². The second kappa shape index (κ2) is 10.1. The molecule has 0 aliphatic heterocycles. The van der Waals surface area contributed by atoms with E-state index in [-0.39, 0.29) is 0 Å². The summed E-state index contributed by atoms with van der Waals surface area (Å²) in [6, 6.07) is 56.8. The van der Waals surface area contributed by atoms with Crippen LogP contribution in [0.2, 0.25) is 0 Å². The molecule has 0 aliphatic rings. The number of furan rings is 1. The minimum atomic E-state index is 0.815. The number of hydrogen-bond donors (Lipinski definition) is 0. The molecule has 8 aromatic carbocycles. The first-order valence-electron chi connectivity index (χ1n) is 16.0. The maximum atomic E-state index is 6.46. The molecule has 0 unspecified atom stereocenters. The average Bonchev–Trinajstić information content (AvgIpc) is 3.52. The van der Waals surface area contributed by atoms with Gasteiger partial charge in [-0.3, -0.25) is 4.98 Å². The zero-order valence-corrected chi connectivity index (χ0v) is 25.4. The van der Waals surface area contributed by atoms with Crippen molar-refractivity contribution >= 4 is 65.0 Å². The molecule has 2 nitrogen and oxygen atoms in total. The summed E-state index contributed by atoms with van der Waals surface area (Å²) in [5.41, 5.74) is 8.48. The molecule has 10 aromatic rings. The zero-order valence-electron chi connectivity index (χ0n) is 25.4. The lowest BCUT2D eigenvalue weighted by Gasteiger charge is -2.20. The van der Waals surface area contributed by atoms with Crippen molar-refractivity contribution in [3.8, 4) is 33.5 Å². The Labute approximate surface area is 271 Å². The number of fused-ring (bicyclic) bond motifs is 7. The van der Waals surface area contributed by atoms with Crippen LogP contribution in [0, 0.1) is 0 Å². The van der Waals surface area contributed by atoms with Crippen molar-refractivity contribution in [2.45, 2.75) is 0 Å². The van der Waals surface area contributed by atoms with Gasteiger partial charge >= 0.3 is 0 Å². The van der Waals surface area contributed by atoms with Gasteiger partial charge < -0.3 is 4.42 Å². The van der Waals surface area contributed by atoms with Gasteiger partial charge in [-0.15, -0.1) is 0 Å². The molecule has 2 heteroatoms. The molecule has 0 bridgehead atoms. The Hall–Kier alpha value is -6.25. The summed E-state index contributed by atoms with van der Waals surface area (Å²) in [5, 5.41) is 12.0. The molecule has 47 heavy (non-hydrogen) atoms. The van der Waals surface area contributed by atoms with Crippen LogP contribution < -0.4 is 0 Å². The fourth-order valence-corrected chi connectivity index (χ4v) is 7.57. The number of para-hydroxylation sites is 1. The summed E-state index contributed by atoms with van der Waals surface area (Å²) >= 11 is 0. The van der Waals surface area contributed by atoms with Gasteiger partial charge in [-0.05, 0) is 89.6 Å². The Morgan fingerprint density at radius 1 is 0.383 bits per heavy atom. The monoisotopic (exact) mass is 597 g/mol. The Morgan fingerprint density at radius 3 is 1.91 bits per heavy atom. The number of pyridine rings is 1. The van der Waals surface area contributed by atoms with Crippen LogP contribution in [0.4, 0.5) is 0 Å². The lowest BCUT2D eigenvalue weighted by molar-refractivity contribution is 0.668. The van der Waals surface area contributed by atoms with Crippen molar-refractivity contribution in [2.24, 2.45) is 0 Å². The van der Waals surface area contributed by atoms with Crippen molar-refractivity contribution in [1.82, 2.24) is 4.98 Å². The molecule has 0 amide bonds. The van der Waals surface area contributed by atoms with E-state index in [1.807, 2.05) is 18.3 Å². The molecule has 0 aliphatic carbocycles. The third-order valence-electron chi connectivity index (χ3n) is 9.69. The van der Waals surface area contributed by atoms with E-state index in [9.17, 15) is 0 Å². The highest BCUT2D eigenvalue weighted by molar-refractivity contribution is 6.24. The van der Waals surface area contributed by atoms with Gasteiger partial charge in [0.25, 0.3) is 0 Å². The van der Waals surface area contributed by atoms with Crippen LogP contribution in [0.15, 0.2) is 168 Å². The fraction of sp³-hybridized carbons (Fsp3) is 0. The highest BCUT2D eigenvalue weighted by atomic mass is 16.3. The molecule has 0 fully saturated rings. The summed E-state index contributed by atoms with van der Waals surface area (Å²) in [6.45, 7) is 0. The third-order valence-corrected chi connectivity index (χ3v) is 9.69. The van der Waals surface area contributed by atoms with Gasteiger partial charge in [0.2, 0.25) is 0 Å². The lowest BCUT2D eigenvalue weighted by Crippen LogP contribution is -1.93. The topological polar surface area (TPSA) is 26.0 Å². The van der Waals surface area contributed by atoms with Crippen LogP contribution in [-0.2, 0) is 0 Å². The van der Waals surface area contributed by atoms with Crippen molar-refractivity contribution in [3.05, 3.63) is 164 Å². The van der Waals surface area contributed by atoms with Crippen LogP contribution in [0.3, 0.4) is 0 Å². The van der Waals surface area contributed by atoms with Crippen molar-refractivity contribution in [2.75, 3.05) is 0 Å². The molecule has 10 rings (SSSR count). The van der Waals surface area contributed by atoms with E-state index in [1.165, 1.54) is 65.3 Å². The fourth-order valence-electron chi connectivity index (χ4n) is 7.57. The normalized spacial score (nSPS) is 11.8. The summed E-state index contributed by atoms with van der Waals surface area (Å²) < 4.78 is 6.46. The maximum Gasteiger partial charge on any atom is 0.161 e. The van der Waals surface area contributed by atoms with Gasteiger partial charge in [-0.25, -0.2) is 0 Å². The first-order valence-corrected chi connectivity index (χ1v) is 16.0. The standard InChI is InChI=1S/C45H27NO/c1-2-12-30-26-31(21-20-28(30)10-1)42-36-16-5-6-17-37(36)43(35-18-9-13-29-11-3-4-14-33(29)35)38-23-22-32(27-40(38)42)44-45-39(24-25-46-44)34-15-7-8-19-41(34)47-45/h1-27H. The number of rotatable bonds is 3. The molecular weight excluding hydrogens is 571 g/mol. The first kappa shape index (κ1) is 26.0. The Kier molecular flexibility index (Phi) is 5.61. The van der Waals surface area contributed by atoms with E-state index < -0.39 is 0 Å². The van der Waals surface area contributed by atoms with Crippen LogP contribution in [-0.4, -0.2) is 4.98 Å². The largest absolute Gasteiger partial charge is 0.454 e. The molecule has 218 valence electrons. The lowest BCUT2D eigenvalue weighted by atomic mass is 9.83. The SMILES string of the molecule is c1ccc2cc(-c3c4ccccc4c(-c4cccc5ccccc45)c4ccc(-c5nccc6c5oc5ccccc56)cc34)ccc2c1. The van der Waals surface area contributed by atoms with E-state index >= 15 is 0 Å². The first-order chi connectivity index (χ1) is 23.3. The van der Waals surface area contributed by atoms with E-state index in [1.54, 1.807) is 0 Å². The molecule has 0 N–H and O–H groups in total. The Morgan fingerprint density at radius 2 is 1.04 bits per heavy atom. The van der Waals surface area contributed by atoms with Crippen molar-refractivity contribution in [1.29, 1.82) is 0 Å². The molecule has 0 atom stereocenters. The zero-order chi connectivity index (χ0) is 30.9. The minimum Gasteiger partial charge on any atom is -0.454 e. The predicted octanol–water partition coefficient (Wildman–Crippen LogP) is 12.6. The smallest absolute Gasteiger partial charge is 0.161 e. The molecule has 0 saturated carbocycles. The Bertz CT molecular complexity index is 2850. The molecule has 0 spiro atoms. The molecule has 0 radical (unpaired) electrons. The van der Waals surface area contributed by atoms with E-state index in [2.05, 4.69) is 146 Å². The molecule has 2 aromatic heterocycles. The summed E-state index contributed by atoms with van der Waals surface area (Å²) in [7, 11) is 0. The van der Waals surface area contributed by atoms with Gasteiger partial charge in [0.1, 0.15) is 11.3 Å². The number of hydrogen-bond acceptors (Lipinski definition) is 2. The third kappa shape index (κ3) is 3.95. The quantitative estimate of drug-likeness (QED) is 0.189. The van der Waals surface area contributed by atoms with Crippen LogP contribution in [0.25, 0.3) is 98.5 Å². The highest BCUT2D eigenvalue weighted by Gasteiger charge is 2.20. The van der Waals surface area contributed by atoms with Crippen molar-refractivity contribution in [3.63, 3.8) is 0 Å². The average molecular weight is 598 g/mol. The molecule has 2 heterocycles. The second-order valence-corrected chi connectivity index (χ2v) is 12.3. The highest BCUT2D eigenvalue weighted by Crippen LogP contribution is 2.47. The summed E-state index contributed by atoms with van der Waals surface area (Å²) in [4.78, 5) is 4.91. The molecule has 0 saturated heterocycles. The summed E-state index contributed by atoms with van der Waals surface area (Å²) in [5.74, 6) is 0. The van der Waals surface area contributed by atoms with Crippen molar-refractivity contribution < 1.29 is 4.42 Å². The van der Waals surface area contributed by atoms with Gasteiger partial charge in [-0.1, -0.05) is 133 Å². The molecular formula is C45H27NO. The minimum absolute atomic E-state index is 0.815. The van der Waals surface area contributed by atoms with Gasteiger partial charge in [0, 0.05) is 22.5 Å². The maximum absolute atomic E-state index is 6.46. The van der Waals surface area contributed by atoms with Gasteiger partial charge in [0.15, 0.2) is 5.58 Å². The summed E-state index contributed by atoms with van der Waals surface area (Å²) in [6.07, 6.45) is 1.90. The Balaban J connectivity index is 1.35.